The summed E-state index contributed by atoms with van der Waals surface area (Å²) >= 11 is 1.37. The normalized spacial score (nSPS) is 12.3. The van der Waals surface area contributed by atoms with Gasteiger partial charge in [-0.05, 0) is 25.3 Å². The summed E-state index contributed by atoms with van der Waals surface area (Å²) in [6.07, 6.45) is 1.59. The molecule has 0 radical (unpaired) electrons. The van der Waals surface area contributed by atoms with Crippen LogP contribution in [0.3, 0.4) is 0 Å². The smallest absolute Gasteiger partial charge is 0.244 e. The lowest BCUT2D eigenvalue weighted by Crippen LogP contribution is -2.37. The number of nitrogens with zero attached hydrogens (tertiary/aromatic N) is 1. The van der Waals surface area contributed by atoms with Crippen molar-refractivity contribution in [2.75, 3.05) is 6.54 Å². The number of rotatable bonds is 6. The van der Waals surface area contributed by atoms with Crippen molar-refractivity contribution in [3.8, 4) is 0 Å². The zero-order valence-corrected chi connectivity index (χ0v) is 11.7. The third kappa shape index (κ3) is 2.95. The molecule has 0 spiro atoms. The molecule has 6 heteroatoms. The average Bonchev–Trinajstić information content (AvgIpc) is 2.73. The second-order valence-corrected chi connectivity index (χ2v) is 6.73. The Hall–Kier alpha value is -0.690. The molecular formula is C11H18N2O2S2. The lowest BCUT2D eigenvalue weighted by molar-refractivity contribution is 0.382. The van der Waals surface area contributed by atoms with Crippen molar-refractivity contribution in [1.29, 1.82) is 0 Å². The molecule has 0 aliphatic rings. The van der Waals surface area contributed by atoms with Gasteiger partial charge in [-0.25, -0.2) is 8.42 Å². The van der Waals surface area contributed by atoms with Gasteiger partial charge in [0.15, 0.2) is 0 Å². The highest BCUT2D eigenvalue weighted by Crippen LogP contribution is 2.25. The predicted octanol–water partition coefficient (Wildman–Crippen LogP) is 1.79. The van der Waals surface area contributed by atoms with E-state index in [4.69, 9.17) is 5.73 Å². The Kier molecular flexibility index (Phi) is 4.88. The number of sulfonamides is 1. The quantitative estimate of drug-likeness (QED) is 0.804. The van der Waals surface area contributed by atoms with E-state index in [0.29, 0.717) is 16.3 Å². The minimum atomic E-state index is -3.47. The van der Waals surface area contributed by atoms with Gasteiger partial charge >= 0.3 is 0 Å². The van der Waals surface area contributed by atoms with E-state index in [2.05, 4.69) is 6.58 Å². The molecule has 0 aliphatic heterocycles. The first-order valence-electron chi connectivity index (χ1n) is 5.34. The molecule has 0 aromatic carbocycles. The van der Waals surface area contributed by atoms with Crippen molar-refractivity contribution in [3.05, 3.63) is 29.0 Å². The fourth-order valence-corrected chi connectivity index (χ4v) is 4.46. The van der Waals surface area contributed by atoms with Crippen LogP contribution in [0.4, 0.5) is 0 Å². The van der Waals surface area contributed by atoms with Crippen LogP contribution in [0.1, 0.15) is 18.7 Å². The fourth-order valence-electron chi connectivity index (χ4n) is 1.55. The van der Waals surface area contributed by atoms with E-state index in [-0.39, 0.29) is 12.6 Å². The highest BCUT2D eigenvalue weighted by Gasteiger charge is 2.28. The molecule has 0 bridgehead atoms. The Morgan fingerprint density at radius 2 is 2.24 bits per heavy atom. The molecule has 0 amide bonds. The van der Waals surface area contributed by atoms with Crippen LogP contribution in [-0.2, 0) is 16.6 Å². The maximum absolute atomic E-state index is 12.4. The molecule has 0 saturated heterocycles. The minimum Gasteiger partial charge on any atom is -0.326 e. The first kappa shape index (κ1) is 14.4. The summed E-state index contributed by atoms with van der Waals surface area (Å²) in [6.45, 7) is 7.83. The molecule has 0 fully saturated rings. The third-order valence-electron chi connectivity index (χ3n) is 2.36. The van der Waals surface area contributed by atoms with Gasteiger partial charge in [-0.3, -0.25) is 0 Å². The Morgan fingerprint density at radius 1 is 1.59 bits per heavy atom. The standard InChI is InChI=1S/C11H18N2O2S2/c1-4-6-13(9(2)3)17(14,15)11-5-7-16-10(11)8-12/h4-5,7,9H,1,6,8,12H2,2-3H3. The van der Waals surface area contributed by atoms with Gasteiger partial charge in [-0.15, -0.1) is 17.9 Å². The molecule has 4 nitrogen and oxygen atoms in total. The highest BCUT2D eigenvalue weighted by molar-refractivity contribution is 7.89. The van der Waals surface area contributed by atoms with Crippen molar-refractivity contribution in [2.24, 2.45) is 5.73 Å². The molecule has 96 valence electrons. The summed E-state index contributed by atoms with van der Waals surface area (Å²) in [5.41, 5.74) is 5.55. The molecule has 1 heterocycles. The minimum absolute atomic E-state index is 0.108. The number of nitrogens with two attached hydrogens (primary N) is 1. The van der Waals surface area contributed by atoms with E-state index >= 15 is 0 Å². The predicted molar refractivity (Wildman–Crippen MR) is 71.4 cm³/mol. The van der Waals surface area contributed by atoms with Crippen LogP contribution >= 0.6 is 11.3 Å². The molecule has 1 aromatic heterocycles. The summed E-state index contributed by atoms with van der Waals surface area (Å²) in [6, 6.07) is 1.50. The Morgan fingerprint density at radius 3 is 2.71 bits per heavy atom. The van der Waals surface area contributed by atoms with Crippen molar-refractivity contribution >= 4 is 21.4 Å². The van der Waals surface area contributed by atoms with E-state index in [1.807, 2.05) is 13.8 Å². The van der Waals surface area contributed by atoms with Gasteiger partial charge in [0.05, 0.1) is 4.90 Å². The molecule has 0 aliphatic carbocycles. The van der Waals surface area contributed by atoms with E-state index < -0.39 is 10.0 Å². The van der Waals surface area contributed by atoms with E-state index in [9.17, 15) is 8.42 Å². The van der Waals surface area contributed by atoms with Crippen LogP contribution in [0.5, 0.6) is 0 Å². The first-order chi connectivity index (χ1) is 7.95. The topological polar surface area (TPSA) is 63.4 Å². The Bertz CT molecular complexity index is 477. The van der Waals surface area contributed by atoms with E-state index in [1.54, 1.807) is 17.5 Å². The van der Waals surface area contributed by atoms with Gasteiger partial charge < -0.3 is 5.73 Å². The van der Waals surface area contributed by atoms with Gasteiger partial charge in [0.1, 0.15) is 0 Å². The third-order valence-corrected chi connectivity index (χ3v) is 5.56. The lowest BCUT2D eigenvalue weighted by atomic mass is 10.4. The van der Waals surface area contributed by atoms with Crippen LogP contribution in [0.2, 0.25) is 0 Å². The van der Waals surface area contributed by atoms with Crippen LogP contribution < -0.4 is 5.73 Å². The molecule has 0 atom stereocenters. The summed E-state index contributed by atoms with van der Waals surface area (Å²) in [4.78, 5) is 1.01. The molecular weight excluding hydrogens is 256 g/mol. The fraction of sp³-hybridized carbons (Fsp3) is 0.455. The molecule has 17 heavy (non-hydrogen) atoms. The van der Waals surface area contributed by atoms with Crippen LogP contribution in [0, 0.1) is 0 Å². The van der Waals surface area contributed by atoms with Crippen LogP contribution in [0.15, 0.2) is 29.0 Å². The van der Waals surface area contributed by atoms with E-state index in [0.717, 1.165) is 0 Å². The van der Waals surface area contributed by atoms with Gasteiger partial charge in [-0.2, -0.15) is 4.31 Å². The average molecular weight is 274 g/mol. The highest BCUT2D eigenvalue weighted by atomic mass is 32.2. The van der Waals surface area contributed by atoms with Crippen molar-refractivity contribution < 1.29 is 8.42 Å². The maximum atomic E-state index is 12.4. The lowest BCUT2D eigenvalue weighted by Gasteiger charge is -2.24. The number of hydrogen-bond donors (Lipinski definition) is 1. The van der Waals surface area contributed by atoms with Gasteiger partial charge in [0, 0.05) is 24.0 Å². The largest absolute Gasteiger partial charge is 0.326 e. The van der Waals surface area contributed by atoms with E-state index in [1.165, 1.54) is 15.6 Å². The number of thiophene rings is 1. The molecule has 2 N–H and O–H groups in total. The molecule has 1 rings (SSSR count). The monoisotopic (exact) mass is 274 g/mol. The van der Waals surface area contributed by atoms with Gasteiger partial charge in [-0.1, -0.05) is 6.08 Å². The number of hydrogen-bond acceptors (Lipinski definition) is 4. The zero-order valence-electron chi connectivity index (χ0n) is 10.1. The summed E-state index contributed by atoms with van der Waals surface area (Å²) in [7, 11) is -3.47. The Labute approximate surface area is 107 Å². The Balaban J connectivity index is 3.21. The van der Waals surface area contributed by atoms with Gasteiger partial charge in [0.25, 0.3) is 0 Å². The van der Waals surface area contributed by atoms with Crippen LogP contribution in [-0.4, -0.2) is 25.3 Å². The van der Waals surface area contributed by atoms with Crippen molar-refractivity contribution in [3.63, 3.8) is 0 Å². The SMILES string of the molecule is C=CCN(C(C)C)S(=O)(=O)c1ccsc1CN. The zero-order chi connectivity index (χ0) is 13.1. The molecule has 0 saturated carbocycles. The second-order valence-electron chi connectivity index (χ2n) is 3.87. The first-order valence-corrected chi connectivity index (χ1v) is 7.66. The van der Waals surface area contributed by atoms with Crippen molar-refractivity contribution in [2.45, 2.75) is 31.3 Å². The van der Waals surface area contributed by atoms with Gasteiger partial charge in [0.2, 0.25) is 10.0 Å². The molecule has 1 aromatic rings. The summed E-state index contributed by atoms with van der Waals surface area (Å²) in [5.74, 6) is 0. The van der Waals surface area contributed by atoms with Crippen LogP contribution in [0.25, 0.3) is 0 Å². The maximum Gasteiger partial charge on any atom is 0.244 e. The summed E-state index contributed by atoms with van der Waals surface area (Å²) < 4.78 is 26.3. The molecule has 0 unspecified atom stereocenters. The van der Waals surface area contributed by atoms with Crippen molar-refractivity contribution in [1.82, 2.24) is 4.31 Å². The summed E-state index contributed by atoms with van der Waals surface area (Å²) in [5, 5.41) is 1.75. The second kappa shape index (κ2) is 5.77.